The summed E-state index contributed by atoms with van der Waals surface area (Å²) in [6.07, 6.45) is 6.19. The second kappa shape index (κ2) is 4.66. The number of hydrogen-bond acceptors (Lipinski definition) is 1. The molecule has 12 heavy (non-hydrogen) atoms. The molecule has 0 heterocycles. The van der Waals surface area contributed by atoms with Gasteiger partial charge in [0, 0.05) is 0 Å². The number of ether oxygens (including phenoxy) is 1. The summed E-state index contributed by atoms with van der Waals surface area (Å²) in [5, 5.41) is 0. The zero-order valence-corrected chi connectivity index (χ0v) is 8.25. The van der Waals surface area contributed by atoms with Crippen LogP contribution in [0.5, 0.6) is 0 Å². The zero-order valence-electron chi connectivity index (χ0n) is 8.25. The summed E-state index contributed by atoms with van der Waals surface area (Å²) in [6, 6.07) is 0. The molecule has 0 aromatic carbocycles. The van der Waals surface area contributed by atoms with Crippen molar-refractivity contribution in [2.24, 2.45) is 11.8 Å². The van der Waals surface area contributed by atoms with E-state index in [9.17, 15) is 0 Å². The van der Waals surface area contributed by atoms with Gasteiger partial charge in [0.25, 0.3) is 0 Å². The van der Waals surface area contributed by atoms with Gasteiger partial charge in [0.1, 0.15) is 0 Å². The van der Waals surface area contributed by atoms with Gasteiger partial charge in [0.15, 0.2) is 0 Å². The third-order valence-electron chi connectivity index (χ3n) is 2.82. The van der Waals surface area contributed by atoms with E-state index >= 15 is 0 Å². The Morgan fingerprint density at radius 2 is 2.25 bits per heavy atom. The molecule has 0 radical (unpaired) electrons. The van der Waals surface area contributed by atoms with E-state index in [-0.39, 0.29) is 0 Å². The molecule has 0 saturated heterocycles. The van der Waals surface area contributed by atoms with E-state index in [1.54, 1.807) is 0 Å². The minimum absolute atomic E-state index is 0.503. The van der Waals surface area contributed by atoms with Gasteiger partial charge in [-0.05, 0) is 24.7 Å². The van der Waals surface area contributed by atoms with Crippen molar-refractivity contribution in [1.82, 2.24) is 0 Å². The van der Waals surface area contributed by atoms with Crippen LogP contribution in [0.4, 0.5) is 0 Å². The predicted octanol–water partition coefficient (Wildman–Crippen LogP) is 3.01. The minimum atomic E-state index is 0.503. The molecule has 70 valence electrons. The molecule has 1 aliphatic rings. The maximum Gasteiger partial charge on any atom is 0.0648 e. The second-order valence-corrected chi connectivity index (χ2v) is 3.91. The fourth-order valence-electron chi connectivity index (χ4n) is 2.18. The summed E-state index contributed by atoms with van der Waals surface area (Å²) in [7, 11) is 0. The molecule has 1 nitrogen and oxygen atoms in total. The fourth-order valence-corrected chi connectivity index (χ4v) is 2.18. The van der Waals surface area contributed by atoms with Crippen molar-refractivity contribution in [3.63, 3.8) is 0 Å². The fraction of sp³-hybridized carbons (Fsp3) is 0.818. The van der Waals surface area contributed by atoms with Crippen molar-refractivity contribution in [2.45, 2.75) is 39.2 Å². The maximum atomic E-state index is 5.71. The van der Waals surface area contributed by atoms with Crippen molar-refractivity contribution in [3.05, 3.63) is 12.7 Å². The lowest BCUT2D eigenvalue weighted by Crippen LogP contribution is -2.17. The summed E-state index contributed by atoms with van der Waals surface area (Å²) in [4.78, 5) is 0. The van der Waals surface area contributed by atoms with Gasteiger partial charge in [0.2, 0.25) is 0 Å². The van der Waals surface area contributed by atoms with Crippen LogP contribution in [0.2, 0.25) is 0 Å². The highest BCUT2D eigenvalue weighted by molar-refractivity contribution is 4.82. The highest BCUT2D eigenvalue weighted by Crippen LogP contribution is 2.34. The van der Waals surface area contributed by atoms with E-state index in [1.807, 2.05) is 6.08 Å². The zero-order chi connectivity index (χ0) is 8.97. The van der Waals surface area contributed by atoms with Crippen molar-refractivity contribution in [1.29, 1.82) is 0 Å². The monoisotopic (exact) mass is 168 g/mol. The van der Waals surface area contributed by atoms with Crippen LogP contribution in [-0.2, 0) is 4.74 Å². The molecule has 0 N–H and O–H groups in total. The van der Waals surface area contributed by atoms with E-state index in [1.165, 1.54) is 19.3 Å². The van der Waals surface area contributed by atoms with Crippen LogP contribution in [0, 0.1) is 11.8 Å². The Morgan fingerprint density at radius 3 is 2.83 bits per heavy atom. The lowest BCUT2D eigenvalue weighted by Gasteiger charge is -2.17. The molecule has 3 unspecified atom stereocenters. The van der Waals surface area contributed by atoms with E-state index in [0.29, 0.717) is 12.7 Å². The quantitative estimate of drug-likeness (QED) is 0.586. The first-order valence-electron chi connectivity index (χ1n) is 5.00. The molecule has 0 spiro atoms. The van der Waals surface area contributed by atoms with Crippen molar-refractivity contribution in [3.8, 4) is 0 Å². The highest BCUT2D eigenvalue weighted by atomic mass is 16.5. The molecular weight excluding hydrogens is 148 g/mol. The second-order valence-electron chi connectivity index (χ2n) is 3.91. The van der Waals surface area contributed by atoms with Crippen LogP contribution in [0.15, 0.2) is 12.7 Å². The summed E-state index contributed by atoms with van der Waals surface area (Å²) in [6.45, 7) is 8.96. The van der Waals surface area contributed by atoms with Gasteiger partial charge >= 0.3 is 0 Å². The van der Waals surface area contributed by atoms with Gasteiger partial charge in [-0.1, -0.05) is 26.3 Å². The molecule has 1 aliphatic carbocycles. The Hall–Kier alpha value is -0.300. The minimum Gasteiger partial charge on any atom is -0.374 e. The average molecular weight is 168 g/mol. The first-order chi connectivity index (χ1) is 5.77. The molecule has 0 bridgehead atoms. The van der Waals surface area contributed by atoms with Crippen molar-refractivity contribution >= 4 is 0 Å². The molecule has 0 amide bonds. The van der Waals surface area contributed by atoms with Gasteiger partial charge in [-0.2, -0.15) is 0 Å². The van der Waals surface area contributed by atoms with Crippen LogP contribution < -0.4 is 0 Å². The van der Waals surface area contributed by atoms with E-state index in [4.69, 9.17) is 4.74 Å². The predicted molar refractivity (Wildman–Crippen MR) is 52.1 cm³/mol. The molecule has 0 aromatic heterocycles. The van der Waals surface area contributed by atoms with Crippen LogP contribution in [-0.4, -0.2) is 12.7 Å². The normalized spacial score (nSPS) is 35.3. The van der Waals surface area contributed by atoms with E-state index < -0.39 is 0 Å². The molecule has 1 fully saturated rings. The number of hydrogen-bond donors (Lipinski definition) is 0. The molecular formula is C11H20O. The van der Waals surface area contributed by atoms with Crippen LogP contribution >= 0.6 is 0 Å². The van der Waals surface area contributed by atoms with Gasteiger partial charge in [-0.3, -0.25) is 0 Å². The van der Waals surface area contributed by atoms with Crippen molar-refractivity contribution in [2.75, 3.05) is 6.61 Å². The van der Waals surface area contributed by atoms with E-state index in [0.717, 1.165) is 11.8 Å². The Kier molecular flexibility index (Phi) is 3.80. The molecule has 1 saturated carbocycles. The molecule has 0 aromatic rings. The Bertz CT molecular complexity index is 142. The standard InChI is InChI=1S/C11H20O/c1-4-6-12-11-8-9(3)7-10(11)5-2/h4,9-11H,1,5-8H2,2-3H3. The molecule has 3 atom stereocenters. The van der Waals surface area contributed by atoms with Gasteiger partial charge < -0.3 is 4.74 Å². The summed E-state index contributed by atoms with van der Waals surface area (Å²) < 4.78 is 5.71. The third-order valence-corrected chi connectivity index (χ3v) is 2.82. The van der Waals surface area contributed by atoms with Crippen LogP contribution in [0.3, 0.4) is 0 Å². The SMILES string of the molecule is C=CCOC1CC(C)CC1CC. The van der Waals surface area contributed by atoms with Gasteiger partial charge in [0.05, 0.1) is 12.7 Å². The molecule has 1 heteroatoms. The lowest BCUT2D eigenvalue weighted by atomic mass is 10.0. The van der Waals surface area contributed by atoms with Crippen molar-refractivity contribution < 1.29 is 4.74 Å². The summed E-state index contributed by atoms with van der Waals surface area (Å²) in [5.74, 6) is 1.64. The van der Waals surface area contributed by atoms with Crippen LogP contribution in [0.25, 0.3) is 0 Å². The maximum absolute atomic E-state index is 5.71. The lowest BCUT2D eigenvalue weighted by molar-refractivity contribution is 0.0441. The van der Waals surface area contributed by atoms with Gasteiger partial charge in [-0.25, -0.2) is 0 Å². The summed E-state index contributed by atoms with van der Waals surface area (Å²) >= 11 is 0. The first-order valence-corrected chi connectivity index (χ1v) is 5.00. The average Bonchev–Trinajstić information content (AvgIpc) is 2.42. The summed E-state index contributed by atoms with van der Waals surface area (Å²) in [5.41, 5.74) is 0. The Labute approximate surface area is 75.8 Å². The highest BCUT2D eigenvalue weighted by Gasteiger charge is 2.30. The molecule has 1 rings (SSSR count). The first kappa shape index (κ1) is 9.79. The molecule has 0 aliphatic heterocycles. The van der Waals surface area contributed by atoms with Gasteiger partial charge in [-0.15, -0.1) is 6.58 Å². The third kappa shape index (κ3) is 2.34. The Morgan fingerprint density at radius 1 is 1.50 bits per heavy atom. The number of rotatable bonds is 4. The largest absolute Gasteiger partial charge is 0.374 e. The van der Waals surface area contributed by atoms with Crippen LogP contribution in [0.1, 0.15) is 33.1 Å². The topological polar surface area (TPSA) is 9.23 Å². The van der Waals surface area contributed by atoms with E-state index in [2.05, 4.69) is 20.4 Å². The Balaban J connectivity index is 2.35. The smallest absolute Gasteiger partial charge is 0.0648 e.